The molecule has 1 N–H and O–H groups in total. The monoisotopic (exact) mass is 573 g/mol. The van der Waals surface area contributed by atoms with Gasteiger partial charge in [0.2, 0.25) is 12.0 Å². The fraction of sp³-hybridized carbons (Fsp3) is 0.469. The minimum atomic E-state index is -1.18. The number of aromatic nitrogens is 3. The number of nitrogens with one attached hydrogen (secondary N) is 1. The van der Waals surface area contributed by atoms with Crippen LogP contribution >= 0.6 is 0 Å². The first-order chi connectivity index (χ1) is 20.3. The van der Waals surface area contributed by atoms with Crippen LogP contribution in [0.4, 0.5) is 10.5 Å². The fourth-order valence-electron chi connectivity index (χ4n) is 5.67. The van der Waals surface area contributed by atoms with Gasteiger partial charge in [-0.05, 0) is 88.2 Å². The Hall–Kier alpha value is -4.05. The van der Waals surface area contributed by atoms with E-state index in [4.69, 9.17) is 14.2 Å². The molecule has 10 nitrogen and oxygen atoms in total. The molecule has 1 amide bonds. The molecule has 1 saturated heterocycles. The number of carbonyl (C=O) groups is 2. The van der Waals surface area contributed by atoms with Crippen molar-refractivity contribution in [3.05, 3.63) is 65.4 Å². The van der Waals surface area contributed by atoms with E-state index in [0.717, 1.165) is 67.4 Å². The third-order valence-electron chi connectivity index (χ3n) is 7.68. The van der Waals surface area contributed by atoms with Crippen LogP contribution in [0.25, 0.3) is 11.1 Å². The minimum Gasteiger partial charge on any atom is -0.474 e. The average molecular weight is 574 g/mol. The van der Waals surface area contributed by atoms with E-state index in [0.29, 0.717) is 17.3 Å². The lowest BCUT2D eigenvalue weighted by atomic mass is 9.93. The average Bonchev–Trinajstić information content (AvgIpc) is 3.43. The highest BCUT2D eigenvalue weighted by Gasteiger charge is 2.29. The Kier molecular flexibility index (Phi) is 9.31. The number of hydrogen-bond acceptors (Lipinski definition) is 9. The number of nitrogens with zero attached hydrogens (tertiary/aromatic N) is 4. The highest BCUT2D eigenvalue weighted by atomic mass is 16.6. The van der Waals surface area contributed by atoms with Gasteiger partial charge in [-0.25, -0.2) is 14.6 Å². The van der Waals surface area contributed by atoms with E-state index in [1.807, 2.05) is 19.1 Å². The molecule has 3 aromatic rings. The molecule has 0 saturated carbocycles. The van der Waals surface area contributed by atoms with Crippen LogP contribution in [0.1, 0.15) is 55.5 Å². The molecular formula is C32H39N5O5. The van der Waals surface area contributed by atoms with Crippen LogP contribution in [0.3, 0.4) is 0 Å². The Morgan fingerprint density at radius 3 is 2.62 bits per heavy atom. The second-order valence-corrected chi connectivity index (χ2v) is 11.3. The van der Waals surface area contributed by atoms with Gasteiger partial charge in [0.25, 0.3) is 0 Å². The lowest BCUT2D eigenvalue weighted by Crippen LogP contribution is -2.35. The number of anilines is 1. The molecule has 3 heterocycles. The maximum absolute atomic E-state index is 13.4. The molecule has 222 valence electrons. The van der Waals surface area contributed by atoms with Gasteiger partial charge < -0.3 is 19.1 Å². The van der Waals surface area contributed by atoms with Crippen molar-refractivity contribution in [2.24, 2.45) is 0 Å². The second-order valence-electron chi connectivity index (χ2n) is 11.3. The summed E-state index contributed by atoms with van der Waals surface area (Å²) in [6.45, 7) is 7.53. The van der Waals surface area contributed by atoms with E-state index in [1.54, 1.807) is 26.2 Å². The zero-order valence-electron chi connectivity index (χ0n) is 24.8. The van der Waals surface area contributed by atoms with Gasteiger partial charge >= 0.3 is 12.1 Å². The summed E-state index contributed by atoms with van der Waals surface area (Å²) in [6, 6.07) is 6.07. The number of ether oxygens (including phenoxy) is 3. The number of rotatable bonds is 9. The van der Waals surface area contributed by atoms with E-state index >= 15 is 0 Å². The van der Waals surface area contributed by atoms with Gasteiger partial charge in [-0.1, -0.05) is 6.07 Å². The standard InChI is InChI=1S/C32H39N5O5/c1-20(2)40-31(38)27(18-24-19-33-12-13-34-24)42-32(39)36-30-26-7-5-6-22(26)16-21(3)29(30)23-8-11-35-28(17-23)41-25-9-14-37(4)15-10-25/h8,11-13,16-17,19-20,25,27H,5-7,9-10,14-15,18H2,1-4H3,(H,36,39). The molecule has 0 radical (unpaired) electrons. The third-order valence-corrected chi connectivity index (χ3v) is 7.68. The van der Waals surface area contributed by atoms with Crippen molar-refractivity contribution in [3.63, 3.8) is 0 Å². The molecule has 1 aliphatic carbocycles. The van der Waals surface area contributed by atoms with Crippen molar-refractivity contribution < 1.29 is 23.8 Å². The second kappa shape index (κ2) is 13.3. The van der Waals surface area contributed by atoms with Crippen molar-refractivity contribution in [2.75, 3.05) is 25.5 Å². The van der Waals surface area contributed by atoms with E-state index in [9.17, 15) is 9.59 Å². The van der Waals surface area contributed by atoms with Crippen molar-refractivity contribution in [3.8, 4) is 17.0 Å². The molecule has 1 aliphatic heterocycles. The molecule has 1 fully saturated rings. The SMILES string of the molecule is Cc1cc2c(c(NC(=O)OC(Cc3cnccn3)C(=O)OC(C)C)c1-c1ccnc(OC3CCN(C)CC3)c1)CCC2. The van der Waals surface area contributed by atoms with Crippen LogP contribution in [0, 0.1) is 6.92 Å². The number of piperidine rings is 1. The van der Waals surface area contributed by atoms with Gasteiger partial charge in [-0.15, -0.1) is 0 Å². The number of hydrogen-bond donors (Lipinski definition) is 1. The fourth-order valence-corrected chi connectivity index (χ4v) is 5.67. The Morgan fingerprint density at radius 1 is 1.07 bits per heavy atom. The number of benzene rings is 1. The number of aryl methyl sites for hydroxylation is 2. The molecular weight excluding hydrogens is 534 g/mol. The van der Waals surface area contributed by atoms with E-state index < -0.39 is 18.2 Å². The van der Waals surface area contributed by atoms with Gasteiger partial charge in [0.05, 0.1) is 17.5 Å². The molecule has 0 bridgehead atoms. The Balaban J connectivity index is 1.41. The highest BCUT2D eigenvalue weighted by molar-refractivity contribution is 5.96. The topological polar surface area (TPSA) is 116 Å². The van der Waals surface area contributed by atoms with Gasteiger partial charge in [0.15, 0.2) is 0 Å². The number of esters is 1. The largest absolute Gasteiger partial charge is 0.474 e. The Bertz CT molecular complexity index is 1410. The van der Waals surface area contributed by atoms with Gasteiger partial charge in [0.1, 0.15) is 6.10 Å². The minimum absolute atomic E-state index is 0.0492. The normalized spacial score (nSPS) is 16.1. The summed E-state index contributed by atoms with van der Waals surface area (Å²) in [6.07, 6.45) is 8.93. The molecule has 2 aliphatic rings. The molecule has 5 rings (SSSR count). The maximum atomic E-state index is 13.4. The zero-order chi connectivity index (χ0) is 29.6. The molecule has 1 aromatic carbocycles. The summed E-state index contributed by atoms with van der Waals surface area (Å²) in [4.78, 5) is 41.4. The quantitative estimate of drug-likeness (QED) is 0.356. The van der Waals surface area contributed by atoms with Crippen molar-refractivity contribution in [1.29, 1.82) is 0 Å². The lowest BCUT2D eigenvalue weighted by molar-refractivity contribution is -0.157. The third kappa shape index (κ3) is 7.23. The summed E-state index contributed by atoms with van der Waals surface area (Å²) in [5.41, 5.74) is 6.31. The predicted molar refractivity (Wildman–Crippen MR) is 158 cm³/mol. The van der Waals surface area contributed by atoms with Crippen LogP contribution in [0.5, 0.6) is 5.88 Å². The number of fused-ring (bicyclic) bond motifs is 1. The first-order valence-electron chi connectivity index (χ1n) is 14.7. The molecule has 0 spiro atoms. The number of pyridine rings is 1. The zero-order valence-corrected chi connectivity index (χ0v) is 24.8. The number of amides is 1. The summed E-state index contributed by atoms with van der Waals surface area (Å²) in [5, 5.41) is 3.01. The molecule has 1 unspecified atom stereocenters. The first-order valence-corrected chi connectivity index (χ1v) is 14.7. The smallest absolute Gasteiger partial charge is 0.412 e. The van der Waals surface area contributed by atoms with E-state index in [2.05, 4.69) is 38.3 Å². The summed E-state index contributed by atoms with van der Waals surface area (Å²) >= 11 is 0. The Labute approximate surface area is 246 Å². The van der Waals surface area contributed by atoms with Crippen LogP contribution in [0.15, 0.2) is 43.0 Å². The van der Waals surface area contributed by atoms with Crippen LogP contribution in [0.2, 0.25) is 0 Å². The van der Waals surface area contributed by atoms with E-state index in [-0.39, 0.29) is 18.6 Å². The van der Waals surface area contributed by atoms with Crippen molar-refractivity contribution >= 4 is 17.7 Å². The van der Waals surface area contributed by atoms with Gasteiger partial charge in [-0.3, -0.25) is 15.3 Å². The molecule has 2 aromatic heterocycles. The molecule has 10 heteroatoms. The van der Waals surface area contributed by atoms with Crippen LogP contribution in [-0.2, 0) is 33.5 Å². The maximum Gasteiger partial charge on any atom is 0.412 e. The van der Waals surface area contributed by atoms with Crippen LogP contribution in [-0.4, -0.2) is 70.4 Å². The summed E-state index contributed by atoms with van der Waals surface area (Å²) in [7, 11) is 2.12. The summed E-state index contributed by atoms with van der Waals surface area (Å²) in [5.74, 6) is -0.0683. The molecule has 1 atom stereocenters. The van der Waals surface area contributed by atoms with Crippen molar-refractivity contribution in [2.45, 2.75) is 77.6 Å². The predicted octanol–water partition coefficient (Wildman–Crippen LogP) is 4.92. The molecule has 42 heavy (non-hydrogen) atoms. The van der Waals surface area contributed by atoms with E-state index in [1.165, 1.54) is 18.0 Å². The number of likely N-dealkylation sites (tertiary alicyclic amines) is 1. The lowest BCUT2D eigenvalue weighted by Gasteiger charge is -2.29. The first kappa shape index (κ1) is 29.4. The number of carbonyl (C=O) groups excluding carboxylic acids is 2. The highest BCUT2D eigenvalue weighted by Crippen LogP contribution is 2.41. The van der Waals surface area contributed by atoms with Crippen molar-refractivity contribution in [1.82, 2.24) is 19.9 Å². The Morgan fingerprint density at radius 2 is 1.88 bits per heavy atom. The van der Waals surface area contributed by atoms with Gasteiger partial charge in [0, 0.05) is 55.9 Å². The van der Waals surface area contributed by atoms with Crippen LogP contribution < -0.4 is 10.1 Å². The van der Waals surface area contributed by atoms with Gasteiger partial charge in [-0.2, -0.15) is 0 Å². The summed E-state index contributed by atoms with van der Waals surface area (Å²) < 4.78 is 17.4.